The van der Waals surface area contributed by atoms with Gasteiger partial charge in [-0.3, -0.25) is 4.90 Å². The third-order valence-corrected chi connectivity index (χ3v) is 7.51. The Balaban J connectivity index is 1.26. The number of carboxylic acid groups (broad SMARTS) is 1. The van der Waals surface area contributed by atoms with E-state index in [1.165, 1.54) is 24.3 Å². The normalized spacial score (nSPS) is 14.6. The number of aromatic carboxylic acids is 1. The Labute approximate surface area is 237 Å². The van der Waals surface area contributed by atoms with Crippen molar-refractivity contribution in [3.05, 3.63) is 87.7 Å². The van der Waals surface area contributed by atoms with Gasteiger partial charge in [0.05, 0.1) is 17.6 Å². The first-order valence-corrected chi connectivity index (χ1v) is 13.2. The van der Waals surface area contributed by atoms with Gasteiger partial charge in [0.1, 0.15) is 35.3 Å². The van der Waals surface area contributed by atoms with Crippen LogP contribution in [0.5, 0.6) is 11.5 Å². The van der Waals surface area contributed by atoms with E-state index in [1.54, 1.807) is 29.8 Å². The molecule has 7 nitrogen and oxygen atoms in total. The van der Waals surface area contributed by atoms with E-state index >= 15 is 0 Å². The molecule has 0 saturated carbocycles. The number of carboxylic acids is 1. The van der Waals surface area contributed by atoms with E-state index in [0.717, 1.165) is 6.07 Å². The fourth-order valence-electron chi connectivity index (χ4n) is 5.08. The number of carbonyl (C=O) groups is 1. The van der Waals surface area contributed by atoms with Gasteiger partial charge in [-0.05, 0) is 79.9 Å². The van der Waals surface area contributed by atoms with Crippen molar-refractivity contribution in [3.8, 4) is 11.5 Å². The molecule has 0 spiro atoms. The molecule has 1 N–H and O–H groups in total. The van der Waals surface area contributed by atoms with Crippen molar-refractivity contribution in [2.45, 2.75) is 38.5 Å². The molecule has 216 valence electrons. The van der Waals surface area contributed by atoms with E-state index in [-0.39, 0.29) is 40.2 Å². The molecule has 12 heteroatoms. The number of aryl methyl sites for hydroxylation is 1. The lowest BCUT2D eigenvalue weighted by atomic mass is 9.89. The van der Waals surface area contributed by atoms with Crippen LogP contribution in [0.15, 0.2) is 48.5 Å². The Bertz CT molecular complexity index is 1590. The number of aromatic nitrogens is 2. The van der Waals surface area contributed by atoms with Crippen molar-refractivity contribution in [3.63, 3.8) is 0 Å². The van der Waals surface area contributed by atoms with Crippen molar-refractivity contribution < 1.29 is 36.9 Å². The first kappa shape index (κ1) is 28.7. The first-order chi connectivity index (χ1) is 19.6. The number of hydrogen-bond acceptors (Lipinski definition) is 5. The second-order valence-corrected chi connectivity index (χ2v) is 10.3. The third-order valence-electron chi connectivity index (χ3n) is 7.28. The van der Waals surface area contributed by atoms with Gasteiger partial charge in [0.2, 0.25) is 0 Å². The molecule has 41 heavy (non-hydrogen) atoms. The van der Waals surface area contributed by atoms with Crippen LogP contribution < -0.4 is 9.47 Å². The number of hydrogen-bond donors (Lipinski definition) is 1. The molecule has 1 aliphatic rings. The SMILES string of the molecule is Cn1c(CN2CCC(c3cc(OCc4ccc(Cl)cc4F)ccc3F)CC2)nc2c(OC(F)F)cc(C(=O)O)cc21. The molecular weight excluding hydrogens is 566 g/mol. The third kappa shape index (κ3) is 6.41. The van der Waals surface area contributed by atoms with Crippen LogP contribution in [-0.2, 0) is 20.2 Å². The van der Waals surface area contributed by atoms with Gasteiger partial charge in [0.25, 0.3) is 0 Å². The van der Waals surface area contributed by atoms with Crippen molar-refractivity contribution in [1.29, 1.82) is 0 Å². The van der Waals surface area contributed by atoms with Gasteiger partial charge >= 0.3 is 12.6 Å². The van der Waals surface area contributed by atoms with Crippen LogP contribution >= 0.6 is 11.6 Å². The lowest BCUT2D eigenvalue weighted by molar-refractivity contribution is -0.0489. The van der Waals surface area contributed by atoms with Gasteiger partial charge in [-0.15, -0.1) is 0 Å². The smallest absolute Gasteiger partial charge is 0.387 e. The monoisotopic (exact) mass is 591 g/mol. The van der Waals surface area contributed by atoms with Gasteiger partial charge in [-0.25, -0.2) is 18.6 Å². The fourth-order valence-corrected chi connectivity index (χ4v) is 5.24. The van der Waals surface area contributed by atoms with Gasteiger partial charge in [0, 0.05) is 17.6 Å². The highest BCUT2D eigenvalue weighted by molar-refractivity contribution is 6.30. The quantitative estimate of drug-likeness (QED) is 0.217. The molecule has 1 fully saturated rings. The summed E-state index contributed by atoms with van der Waals surface area (Å²) in [4.78, 5) is 18.1. The molecule has 0 atom stereocenters. The number of imidazole rings is 1. The van der Waals surface area contributed by atoms with Crippen molar-refractivity contribution in [1.82, 2.24) is 14.5 Å². The van der Waals surface area contributed by atoms with Crippen LogP contribution in [0.25, 0.3) is 11.0 Å². The number of likely N-dealkylation sites (tertiary alicyclic amines) is 1. The first-order valence-electron chi connectivity index (χ1n) is 12.8. The Morgan fingerprint density at radius 1 is 1.10 bits per heavy atom. The minimum absolute atomic E-state index is 0.0252. The highest BCUT2D eigenvalue weighted by Crippen LogP contribution is 2.34. The van der Waals surface area contributed by atoms with Crippen LogP contribution in [0.3, 0.4) is 0 Å². The number of halogens is 5. The van der Waals surface area contributed by atoms with Crippen molar-refractivity contribution in [2.75, 3.05) is 13.1 Å². The highest BCUT2D eigenvalue weighted by atomic mass is 35.5. The second-order valence-electron chi connectivity index (χ2n) is 9.87. The zero-order valence-electron chi connectivity index (χ0n) is 21.9. The van der Waals surface area contributed by atoms with E-state index in [2.05, 4.69) is 14.6 Å². The molecule has 0 radical (unpaired) electrons. The van der Waals surface area contributed by atoms with Crippen LogP contribution in [0, 0.1) is 11.6 Å². The maximum absolute atomic E-state index is 14.8. The summed E-state index contributed by atoms with van der Waals surface area (Å²) in [6.07, 6.45) is 1.30. The topological polar surface area (TPSA) is 76.8 Å². The molecular formula is C29H26ClF4N3O4. The molecule has 4 aromatic rings. The molecule has 3 aromatic carbocycles. The van der Waals surface area contributed by atoms with Crippen LogP contribution in [-0.4, -0.2) is 45.2 Å². The Hall–Kier alpha value is -3.83. The van der Waals surface area contributed by atoms with Gasteiger partial charge in [-0.2, -0.15) is 8.78 Å². The lowest BCUT2D eigenvalue weighted by Gasteiger charge is -2.32. The summed E-state index contributed by atoms with van der Waals surface area (Å²) in [6, 6.07) is 11.2. The molecule has 5 rings (SSSR count). The summed E-state index contributed by atoms with van der Waals surface area (Å²) in [6.45, 7) is -1.53. The van der Waals surface area contributed by atoms with E-state index < -0.39 is 18.4 Å². The van der Waals surface area contributed by atoms with Crippen LogP contribution in [0.2, 0.25) is 5.02 Å². The number of alkyl halides is 2. The maximum Gasteiger partial charge on any atom is 0.387 e. The average Bonchev–Trinajstić information content (AvgIpc) is 3.24. The molecule has 0 amide bonds. The standard InChI is InChI=1S/C29H26ClF4N3O4/c1-36-24-10-18(28(38)39)11-25(41-29(33)34)27(24)35-26(36)14-37-8-6-16(7-9-37)21-13-20(4-5-22(21)31)40-15-17-2-3-19(30)12-23(17)32/h2-5,10-13,16,29H,6-9,14-15H2,1H3,(H,38,39). The van der Waals surface area contributed by atoms with Crippen molar-refractivity contribution in [2.24, 2.45) is 7.05 Å². The van der Waals surface area contributed by atoms with Crippen LogP contribution in [0.4, 0.5) is 17.6 Å². The number of fused-ring (bicyclic) bond motifs is 1. The second kappa shape index (κ2) is 12.0. The van der Waals surface area contributed by atoms with Gasteiger partial charge in [0.15, 0.2) is 5.75 Å². The van der Waals surface area contributed by atoms with Crippen molar-refractivity contribution >= 4 is 28.6 Å². The molecule has 1 saturated heterocycles. The number of benzene rings is 3. The molecule has 1 aliphatic heterocycles. The van der Waals surface area contributed by atoms with Gasteiger partial charge in [-0.1, -0.05) is 17.7 Å². The van der Waals surface area contributed by atoms with E-state index in [9.17, 15) is 27.5 Å². The highest BCUT2D eigenvalue weighted by Gasteiger charge is 2.26. The molecule has 0 bridgehead atoms. The zero-order chi connectivity index (χ0) is 29.3. The summed E-state index contributed by atoms with van der Waals surface area (Å²) in [5.74, 6) is -1.47. The summed E-state index contributed by atoms with van der Waals surface area (Å²) >= 11 is 5.80. The Morgan fingerprint density at radius 2 is 1.85 bits per heavy atom. The number of rotatable bonds is 9. The minimum atomic E-state index is -3.13. The number of piperidine rings is 1. The number of ether oxygens (including phenoxy) is 2. The average molecular weight is 592 g/mol. The zero-order valence-corrected chi connectivity index (χ0v) is 22.7. The Morgan fingerprint density at radius 3 is 2.54 bits per heavy atom. The summed E-state index contributed by atoms with van der Waals surface area (Å²) < 4.78 is 66.8. The van der Waals surface area contributed by atoms with Crippen LogP contribution in [0.1, 0.15) is 46.1 Å². The van der Waals surface area contributed by atoms with E-state index in [0.29, 0.717) is 60.7 Å². The molecule has 0 unspecified atom stereocenters. The predicted octanol–water partition coefficient (Wildman–Crippen LogP) is 6.76. The Kier molecular flexibility index (Phi) is 8.37. The maximum atomic E-state index is 14.8. The lowest BCUT2D eigenvalue weighted by Crippen LogP contribution is -2.33. The molecule has 1 aromatic heterocycles. The minimum Gasteiger partial charge on any atom is -0.489 e. The molecule has 2 heterocycles. The predicted molar refractivity (Wildman–Crippen MR) is 144 cm³/mol. The number of nitrogens with zero attached hydrogens (tertiary/aromatic N) is 3. The van der Waals surface area contributed by atoms with Gasteiger partial charge < -0.3 is 19.1 Å². The summed E-state index contributed by atoms with van der Waals surface area (Å²) in [5, 5.41) is 9.67. The molecule has 0 aliphatic carbocycles. The largest absolute Gasteiger partial charge is 0.489 e. The summed E-state index contributed by atoms with van der Waals surface area (Å²) in [5.41, 5.74) is 1.19. The summed E-state index contributed by atoms with van der Waals surface area (Å²) in [7, 11) is 1.69. The van der Waals surface area contributed by atoms with E-state index in [4.69, 9.17) is 16.3 Å². The van der Waals surface area contributed by atoms with E-state index in [1.807, 2.05) is 0 Å². The fraction of sp³-hybridized carbons (Fsp3) is 0.310.